The van der Waals surface area contributed by atoms with Gasteiger partial charge in [-0.25, -0.2) is 4.98 Å². The quantitative estimate of drug-likeness (QED) is 0.610. The van der Waals surface area contributed by atoms with Crippen molar-refractivity contribution in [1.82, 2.24) is 10.3 Å². The van der Waals surface area contributed by atoms with Gasteiger partial charge >= 0.3 is 6.18 Å². The molecule has 0 aliphatic carbocycles. The van der Waals surface area contributed by atoms with Gasteiger partial charge in [0.25, 0.3) is 5.91 Å². The summed E-state index contributed by atoms with van der Waals surface area (Å²) in [6, 6.07) is 3.34. The van der Waals surface area contributed by atoms with E-state index in [0.717, 1.165) is 12.3 Å². The lowest BCUT2D eigenvalue weighted by Gasteiger charge is -2.33. The number of aromatic nitrogens is 1. The molecule has 1 saturated heterocycles. The number of piperidine rings is 1. The van der Waals surface area contributed by atoms with Crippen molar-refractivity contribution in [2.75, 3.05) is 18.0 Å². The molecule has 2 aromatic rings. The minimum absolute atomic E-state index is 0.0443. The summed E-state index contributed by atoms with van der Waals surface area (Å²) in [7, 11) is 0. The van der Waals surface area contributed by atoms with Crippen LogP contribution in [0.5, 0.6) is 5.75 Å². The Morgan fingerprint density at radius 1 is 1.17 bits per heavy atom. The Kier molecular flexibility index (Phi) is 6.36. The average Bonchev–Trinajstić information content (AvgIpc) is 2.67. The molecule has 1 aliphatic heterocycles. The van der Waals surface area contributed by atoms with Crippen molar-refractivity contribution in [1.29, 1.82) is 0 Å². The molecular weight excluding hydrogens is 454 g/mol. The van der Waals surface area contributed by atoms with E-state index in [1.165, 1.54) is 12.1 Å². The van der Waals surface area contributed by atoms with Crippen molar-refractivity contribution in [3.8, 4) is 5.75 Å². The highest BCUT2D eigenvalue weighted by atomic mass is 35.5. The minimum Gasteiger partial charge on any atom is -0.505 e. The number of amides is 1. The zero-order chi connectivity index (χ0) is 21.3. The second-order valence-corrected chi connectivity index (χ2v) is 7.71. The molecule has 0 bridgehead atoms. The number of phenols is 1. The molecule has 0 saturated carbocycles. The van der Waals surface area contributed by atoms with Gasteiger partial charge in [0, 0.05) is 25.3 Å². The summed E-state index contributed by atoms with van der Waals surface area (Å²) in [6.45, 7) is 0.971. The molecule has 2 heterocycles. The predicted molar refractivity (Wildman–Crippen MR) is 105 cm³/mol. The van der Waals surface area contributed by atoms with Crippen molar-refractivity contribution < 1.29 is 23.1 Å². The highest BCUT2D eigenvalue weighted by Gasteiger charge is 2.31. The molecule has 1 aromatic heterocycles. The number of pyridine rings is 1. The average molecular weight is 469 g/mol. The fraction of sp³-hybridized carbons (Fsp3) is 0.333. The Hall–Kier alpha value is -1.90. The smallest absolute Gasteiger partial charge is 0.417 e. The van der Waals surface area contributed by atoms with Crippen LogP contribution in [0, 0.1) is 0 Å². The number of hydrogen-bond acceptors (Lipinski definition) is 4. The van der Waals surface area contributed by atoms with Crippen LogP contribution in [-0.4, -0.2) is 35.1 Å². The molecule has 11 heteroatoms. The van der Waals surface area contributed by atoms with Crippen LogP contribution in [0.3, 0.4) is 0 Å². The number of phenolic OH excluding ortho intramolecular Hbond substituents is 1. The van der Waals surface area contributed by atoms with Crippen LogP contribution in [-0.2, 0) is 6.18 Å². The molecule has 0 spiro atoms. The second-order valence-electron chi connectivity index (χ2n) is 6.52. The molecule has 1 fully saturated rings. The maximum atomic E-state index is 12.6. The predicted octanol–water partition coefficient (Wildman–Crippen LogP) is 5.17. The molecule has 2 N–H and O–H groups in total. The number of aromatic hydroxyl groups is 1. The van der Waals surface area contributed by atoms with E-state index in [4.69, 9.17) is 34.8 Å². The van der Waals surface area contributed by atoms with Gasteiger partial charge in [0.1, 0.15) is 17.1 Å². The Balaban J connectivity index is 1.63. The van der Waals surface area contributed by atoms with Gasteiger partial charge < -0.3 is 15.3 Å². The molecular formula is C18H15Cl3F3N3O2. The van der Waals surface area contributed by atoms with E-state index in [-0.39, 0.29) is 26.7 Å². The standard InChI is InChI=1S/C18H15Cl3F3N3O2/c19-11-7-12(20)16(28)14(15(11)21)17(29)26-10-3-5-27(6-4-10)13-2-1-9(8-25-13)18(22,23)24/h1-2,7-8,10,28H,3-6H2,(H,26,29). The summed E-state index contributed by atoms with van der Waals surface area (Å²) in [5.41, 5.74) is -1.00. The summed E-state index contributed by atoms with van der Waals surface area (Å²) in [6.07, 6.45) is -2.57. The van der Waals surface area contributed by atoms with Gasteiger partial charge in [-0.05, 0) is 31.0 Å². The van der Waals surface area contributed by atoms with Crippen LogP contribution in [0.4, 0.5) is 19.0 Å². The Bertz CT molecular complexity index is 889. The Morgan fingerprint density at radius 2 is 1.83 bits per heavy atom. The van der Waals surface area contributed by atoms with Gasteiger partial charge in [-0.3, -0.25) is 4.79 Å². The van der Waals surface area contributed by atoms with Gasteiger partial charge in [0.15, 0.2) is 0 Å². The molecule has 0 atom stereocenters. The Morgan fingerprint density at radius 3 is 2.38 bits per heavy atom. The van der Waals surface area contributed by atoms with E-state index >= 15 is 0 Å². The van der Waals surface area contributed by atoms with Crippen LogP contribution in [0.2, 0.25) is 15.1 Å². The molecule has 0 unspecified atom stereocenters. The second kappa shape index (κ2) is 8.45. The SMILES string of the molecule is O=C(NC1CCN(c2ccc(C(F)(F)F)cn2)CC1)c1c(O)c(Cl)cc(Cl)c1Cl. The highest BCUT2D eigenvalue weighted by Crippen LogP contribution is 2.38. The molecule has 1 aromatic carbocycles. The third-order valence-corrected chi connectivity index (χ3v) is 5.68. The number of anilines is 1. The molecule has 5 nitrogen and oxygen atoms in total. The largest absolute Gasteiger partial charge is 0.505 e. The number of halogens is 6. The lowest BCUT2D eigenvalue weighted by Crippen LogP contribution is -2.45. The third kappa shape index (κ3) is 4.82. The minimum atomic E-state index is -4.43. The molecule has 1 aliphatic rings. The van der Waals surface area contributed by atoms with Crippen LogP contribution in [0.25, 0.3) is 0 Å². The van der Waals surface area contributed by atoms with Crippen LogP contribution >= 0.6 is 34.8 Å². The summed E-state index contributed by atoms with van der Waals surface area (Å²) in [4.78, 5) is 18.3. The summed E-state index contributed by atoms with van der Waals surface area (Å²) in [5.74, 6) is -0.627. The number of nitrogens with zero attached hydrogens (tertiary/aromatic N) is 2. The van der Waals surface area contributed by atoms with Crippen LogP contribution < -0.4 is 10.2 Å². The van der Waals surface area contributed by atoms with E-state index < -0.39 is 23.4 Å². The van der Waals surface area contributed by atoms with Crippen molar-refractivity contribution >= 4 is 46.5 Å². The number of carbonyl (C=O) groups is 1. The van der Waals surface area contributed by atoms with Gasteiger partial charge in [-0.15, -0.1) is 0 Å². The number of carbonyl (C=O) groups excluding carboxylic acids is 1. The first-order valence-corrected chi connectivity index (χ1v) is 9.67. The van der Waals surface area contributed by atoms with E-state index in [9.17, 15) is 23.1 Å². The normalized spacial score (nSPS) is 15.4. The van der Waals surface area contributed by atoms with Gasteiger partial charge in [-0.2, -0.15) is 13.2 Å². The van der Waals surface area contributed by atoms with E-state index in [1.54, 1.807) is 0 Å². The van der Waals surface area contributed by atoms with Crippen molar-refractivity contribution in [2.24, 2.45) is 0 Å². The lowest BCUT2D eigenvalue weighted by molar-refractivity contribution is -0.137. The molecule has 3 rings (SSSR count). The topological polar surface area (TPSA) is 65.5 Å². The maximum Gasteiger partial charge on any atom is 0.417 e. The fourth-order valence-electron chi connectivity index (χ4n) is 3.04. The van der Waals surface area contributed by atoms with Crippen molar-refractivity contribution in [2.45, 2.75) is 25.1 Å². The maximum absolute atomic E-state index is 12.6. The van der Waals surface area contributed by atoms with Crippen molar-refractivity contribution in [3.63, 3.8) is 0 Å². The number of benzene rings is 1. The number of hydrogen-bond donors (Lipinski definition) is 2. The molecule has 29 heavy (non-hydrogen) atoms. The van der Waals surface area contributed by atoms with Crippen molar-refractivity contribution in [3.05, 3.63) is 50.6 Å². The van der Waals surface area contributed by atoms with E-state index in [1.807, 2.05) is 4.90 Å². The fourth-order valence-corrected chi connectivity index (χ4v) is 3.74. The zero-order valence-corrected chi connectivity index (χ0v) is 17.0. The lowest BCUT2D eigenvalue weighted by atomic mass is 10.0. The number of rotatable bonds is 3. The molecule has 156 valence electrons. The van der Waals surface area contributed by atoms with Crippen LogP contribution in [0.1, 0.15) is 28.8 Å². The van der Waals surface area contributed by atoms with Crippen LogP contribution in [0.15, 0.2) is 24.4 Å². The monoisotopic (exact) mass is 467 g/mol. The van der Waals surface area contributed by atoms with E-state index in [0.29, 0.717) is 31.7 Å². The zero-order valence-electron chi connectivity index (χ0n) is 14.7. The highest BCUT2D eigenvalue weighted by molar-refractivity contribution is 6.45. The summed E-state index contributed by atoms with van der Waals surface area (Å²) in [5, 5.41) is 12.7. The number of alkyl halides is 3. The van der Waals surface area contributed by atoms with Gasteiger partial charge in [0.2, 0.25) is 0 Å². The Labute approximate surface area is 179 Å². The molecule has 1 amide bonds. The third-order valence-electron chi connectivity index (χ3n) is 4.60. The van der Waals surface area contributed by atoms with E-state index in [2.05, 4.69) is 10.3 Å². The summed E-state index contributed by atoms with van der Waals surface area (Å²) >= 11 is 17.8. The summed E-state index contributed by atoms with van der Waals surface area (Å²) < 4.78 is 37.9. The number of nitrogens with one attached hydrogen (secondary N) is 1. The van der Waals surface area contributed by atoms with Gasteiger partial charge in [-0.1, -0.05) is 34.8 Å². The van der Waals surface area contributed by atoms with Gasteiger partial charge in [0.05, 0.1) is 20.6 Å². The first kappa shape index (κ1) is 21.8. The first-order valence-electron chi connectivity index (χ1n) is 8.53. The first-order chi connectivity index (χ1) is 13.6. The molecule has 0 radical (unpaired) electrons.